The van der Waals surface area contributed by atoms with Crippen molar-refractivity contribution in [1.82, 2.24) is 15.5 Å². The molecule has 2 fully saturated rings. The van der Waals surface area contributed by atoms with E-state index in [1.165, 1.54) is 16.7 Å². The van der Waals surface area contributed by atoms with E-state index in [1.54, 1.807) is 74.5 Å². The van der Waals surface area contributed by atoms with E-state index in [9.17, 15) is 29.1 Å². The first kappa shape index (κ1) is 26.0. The molecular weight excluding hydrogens is 496 g/mol. The van der Waals surface area contributed by atoms with E-state index in [2.05, 4.69) is 16.0 Å². The van der Waals surface area contributed by atoms with Gasteiger partial charge in [-0.3, -0.25) is 19.2 Å². The fraction of sp³-hybridized carbons (Fsp3) is 0.269. The van der Waals surface area contributed by atoms with Gasteiger partial charge < -0.3 is 26.0 Å². The first-order valence-corrected chi connectivity index (χ1v) is 12.4. The maximum atomic E-state index is 13.2. The van der Waals surface area contributed by atoms with Gasteiger partial charge in [-0.2, -0.15) is 0 Å². The highest BCUT2D eigenvalue weighted by atomic mass is 32.2. The molecule has 0 saturated carbocycles. The summed E-state index contributed by atoms with van der Waals surface area (Å²) in [5.41, 5.74) is 1.04. The summed E-state index contributed by atoms with van der Waals surface area (Å²) < 4.78 is -0.732. The van der Waals surface area contributed by atoms with Gasteiger partial charge >= 0.3 is 5.97 Å². The summed E-state index contributed by atoms with van der Waals surface area (Å²) >= 11 is 1.31. The Bertz CT molecular complexity index is 1250. The molecule has 2 saturated heterocycles. The summed E-state index contributed by atoms with van der Waals surface area (Å²) in [6, 6.07) is 14.1. The fourth-order valence-electron chi connectivity index (χ4n) is 4.37. The molecule has 11 heteroatoms. The first-order valence-electron chi connectivity index (χ1n) is 11.5. The summed E-state index contributed by atoms with van der Waals surface area (Å²) in [7, 11) is 0. The Morgan fingerprint density at radius 1 is 0.973 bits per heavy atom. The average Bonchev–Trinajstić information content (AvgIpc) is 3.13. The topological polar surface area (TPSA) is 145 Å². The van der Waals surface area contributed by atoms with Crippen LogP contribution in [0.1, 0.15) is 25.5 Å². The van der Waals surface area contributed by atoms with Crippen LogP contribution in [0, 0.1) is 0 Å². The molecule has 2 heterocycles. The van der Waals surface area contributed by atoms with Gasteiger partial charge in [0.15, 0.2) is 0 Å². The number of thioether (sulfide) groups is 1. The second-order valence-electron chi connectivity index (χ2n) is 9.13. The SMILES string of the molecule is CC1(C)S[C@@H]2[C@H](NC(=O)C(NC(=O)/C=C/C(=O)Nc3ccccc3)c3ccccc3)C(=O)N2[C@H]1C(=O)O. The van der Waals surface area contributed by atoms with Crippen LogP contribution in [0.25, 0.3) is 0 Å². The van der Waals surface area contributed by atoms with Crippen molar-refractivity contribution in [3.8, 4) is 0 Å². The van der Waals surface area contributed by atoms with E-state index in [4.69, 9.17) is 0 Å². The summed E-state index contributed by atoms with van der Waals surface area (Å²) in [4.78, 5) is 63.8. The number of carboxylic acid groups (broad SMARTS) is 1. The van der Waals surface area contributed by atoms with Crippen molar-refractivity contribution >= 4 is 47.0 Å². The zero-order valence-corrected chi connectivity index (χ0v) is 20.9. The predicted molar refractivity (Wildman–Crippen MR) is 137 cm³/mol. The molecule has 0 bridgehead atoms. The average molecular weight is 523 g/mol. The molecule has 0 aromatic heterocycles. The van der Waals surface area contributed by atoms with Crippen LogP contribution in [0.15, 0.2) is 72.8 Å². The molecule has 4 rings (SSSR count). The van der Waals surface area contributed by atoms with E-state index < -0.39 is 57.8 Å². The molecule has 192 valence electrons. The number of rotatable bonds is 8. The van der Waals surface area contributed by atoms with Gasteiger partial charge in [0.05, 0.1) is 0 Å². The van der Waals surface area contributed by atoms with Crippen LogP contribution in [0.5, 0.6) is 0 Å². The second-order valence-corrected chi connectivity index (χ2v) is 10.9. The third-order valence-corrected chi connectivity index (χ3v) is 7.65. The molecule has 2 aromatic carbocycles. The lowest BCUT2D eigenvalue weighted by molar-refractivity contribution is -0.161. The van der Waals surface area contributed by atoms with Gasteiger partial charge in [0.1, 0.15) is 23.5 Å². The van der Waals surface area contributed by atoms with Crippen LogP contribution in [-0.4, -0.2) is 61.8 Å². The number of β-lactam (4-membered cyclic amide) rings is 1. The molecule has 4 amide bonds. The van der Waals surface area contributed by atoms with Crippen molar-refractivity contribution in [2.75, 3.05) is 5.32 Å². The number of carbonyl (C=O) groups excluding carboxylic acids is 4. The van der Waals surface area contributed by atoms with Crippen LogP contribution in [0.4, 0.5) is 5.69 Å². The Kier molecular flexibility index (Phi) is 7.35. The van der Waals surface area contributed by atoms with E-state index in [-0.39, 0.29) is 0 Å². The zero-order valence-electron chi connectivity index (χ0n) is 20.1. The normalized spacial score (nSPS) is 22.5. The van der Waals surface area contributed by atoms with Crippen LogP contribution < -0.4 is 16.0 Å². The highest BCUT2D eigenvalue weighted by Crippen LogP contribution is 2.50. The Morgan fingerprint density at radius 2 is 1.57 bits per heavy atom. The monoisotopic (exact) mass is 522 g/mol. The number of fused-ring (bicyclic) bond motifs is 1. The third kappa shape index (κ3) is 5.51. The Balaban J connectivity index is 1.44. The van der Waals surface area contributed by atoms with Gasteiger partial charge in [-0.05, 0) is 31.5 Å². The predicted octanol–water partition coefficient (Wildman–Crippen LogP) is 1.67. The number of carbonyl (C=O) groups is 5. The summed E-state index contributed by atoms with van der Waals surface area (Å²) in [6.45, 7) is 3.49. The lowest BCUT2D eigenvalue weighted by Crippen LogP contribution is -2.71. The number of carboxylic acids is 1. The van der Waals surface area contributed by atoms with Gasteiger partial charge in [-0.15, -0.1) is 11.8 Å². The number of nitrogens with zero attached hydrogens (tertiary/aromatic N) is 1. The van der Waals surface area contributed by atoms with E-state index >= 15 is 0 Å². The highest BCUT2D eigenvalue weighted by Gasteiger charge is 2.64. The summed E-state index contributed by atoms with van der Waals surface area (Å²) in [5.74, 6) is -3.42. The highest BCUT2D eigenvalue weighted by molar-refractivity contribution is 8.01. The Morgan fingerprint density at radius 3 is 2.19 bits per heavy atom. The second kappa shape index (κ2) is 10.5. The smallest absolute Gasteiger partial charge is 0.327 e. The number of benzene rings is 2. The van der Waals surface area contributed by atoms with E-state index in [0.717, 1.165) is 12.2 Å². The Labute approximate surface area is 217 Å². The number of hydrogen-bond acceptors (Lipinski definition) is 6. The molecule has 4 atom stereocenters. The van der Waals surface area contributed by atoms with Crippen molar-refractivity contribution in [2.45, 2.75) is 42.1 Å². The fourth-order valence-corrected chi connectivity index (χ4v) is 6.00. The molecule has 1 unspecified atom stereocenters. The van der Waals surface area contributed by atoms with Crippen LogP contribution in [0.3, 0.4) is 0 Å². The molecule has 2 aliphatic rings. The lowest BCUT2D eigenvalue weighted by atomic mass is 9.95. The minimum absolute atomic E-state index is 0.474. The van der Waals surface area contributed by atoms with Crippen LogP contribution >= 0.6 is 11.8 Å². The van der Waals surface area contributed by atoms with Crippen molar-refractivity contribution in [3.63, 3.8) is 0 Å². The van der Waals surface area contributed by atoms with Crippen molar-refractivity contribution in [2.24, 2.45) is 0 Å². The minimum atomic E-state index is -1.15. The zero-order chi connectivity index (χ0) is 26.7. The number of para-hydroxylation sites is 1. The molecule has 4 N–H and O–H groups in total. The number of aliphatic carboxylic acids is 1. The van der Waals surface area contributed by atoms with Gasteiger partial charge in [-0.25, -0.2) is 4.79 Å². The maximum absolute atomic E-state index is 13.2. The summed E-state index contributed by atoms with van der Waals surface area (Å²) in [6.07, 6.45) is 2.07. The molecule has 10 nitrogen and oxygen atoms in total. The lowest BCUT2D eigenvalue weighted by Gasteiger charge is -2.44. The Hall–Kier alpha value is -4.12. The number of nitrogens with one attached hydrogen (secondary N) is 3. The number of hydrogen-bond donors (Lipinski definition) is 4. The summed E-state index contributed by atoms with van der Waals surface area (Å²) in [5, 5.41) is 16.9. The van der Waals surface area contributed by atoms with Crippen LogP contribution in [-0.2, 0) is 24.0 Å². The molecule has 37 heavy (non-hydrogen) atoms. The third-order valence-electron chi connectivity index (χ3n) is 6.08. The molecule has 0 spiro atoms. The molecular formula is C26H26N4O6S. The standard InChI is InChI=1S/C26H26N4O6S/c1-26(2)21(25(35)36)30-23(34)20(24(30)37-26)29-22(33)19(15-9-5-3-6-10-15)28-18(32)14-13-17(31)27-16-11-7-4-8-12-16/h3-14,19-21,24H,1-2H3,(H,27,31)(H,28,32)(H,29,33)(H,35,36)/b14-13+/t19?,20-,21+,24-/m1/s1. The number of anilines is 1. The van der Waals surface area contributed by atoms with Gasteiger partial charge in [0.2, 0.25) is 23.6 Å². The van der Waals surface area contributed by atoms with E-state index in [0.29, 0.717) is 11.3 Å². The molecule has 0 radical (unpaired) electrons. The van der Waals surface area contributed by atoms with Gasteiger partial charge in [0, 0.05) is 22.6 Å². The first-order chi connectivity index (χ1) is 17.6. The largest absolute Gasteiger partial charge is 0.480 e. The maximum Gasteiger partial charge on any atom is 0.327 e. The van der Waals surface area contributed by atoms with Crippen molar-refractivity contribution < 1.29 is 29.1 Å². The van der Waals surface area contributed by atoms with Gasteiger partial charge in [0.25, 0.3) is 0 Å². The molecule has 0 aliphatic carbocycles. The quantitative estimate of drug-likeness (QED) is 0.305. The van der Waals surface area contributed by atoms with E-state index in [1.807, 2.05) is 0 Å². The molecule has 2 aliphatic heterocycles. The molecule has 2 aromatic rings. The van der Waals surface area contributed by atoms with Crippen LogP contribution in [0.2, 0.25) is 0 Å². The van der Waals surface area contributed by atoms with Crippen molar-refractivity contribution in [3.05, 3.63) is 78.4 Å². The van der Waals surface area contributed by atoms with Gasteiger partial charge in [-0.1, -0.05) is 48.5 Å². The van der Waals surface area contributed by atoms with Crippen molar-refractivity contribution in [1.29, 1.82) is 0 Å². The minimum Gasteiger partial charge on any atom is -0.480 e. The number of amides is 4.